The maximum absolute atomic E-state index is 13.4. The summed E-state index contributed by atoms with van der Waals surface area (Å²) in [5.74, 6) is -1.11. The number of rotatable bonds is 5. The molecule has 6 nitrogen and oxygen atoms in total. The molecule has 0 aliphatic carbocycles. The normalized spacial score (nSPS) is 11.2. The predicted octanol–water partition coefficient (Wildman–Crippen LogP) is 4.93. The topological polar surface area (TPSA) is 74.6 Å². The fourth-order valence-corrected chi connectivity index (χ4v) is 3.24. The van der Waals surface area contributed by atoms with Crippen molar-refractivity contribution in [1.82, 2.24) is 0 Å². The summed E-state index contributed by atoms with van der Waals surface area (Å²) in [5, 5.41) is 5.21. The highest BCUT2D eigenvalue weighted by atomic mass is 32.1. The number of anilines is 3. The Morgan fingerprint density at radius 3 is 2.41 bits per heavy atom. The molecule has 0 unspecified atom stereocenters. The average molecular weight is 423 g/mol. The first-order chi connectivity index (χ1) is 13.6. The number of carbonyl (C=O) groups excluding carboxylic acids is 2. The van der Waals surface area contributed by atoms with Gasteiger partial charge in [0.2, 0.25) is 0 Å². The van der Waals surface area contributed by atoms with E-state index >= 15 is 0 Å². The largest absolute Gasteiger partial charge is 0.459 e. The Kier molecular flexibility index (Phi) is 5.64. The van der Waals surface area contributed by atoms with Crippen molar-refractivity contribution in [2.24, 2.45) is 0 Å². The van der Waals surface area contributed by atoms with Crippen LogP contribution in [0.4, 0.5) is 29.5 Å². The highest BCUT2D eigenvalue weighted by Crippen LogP contribution is 2.37. The first kappa shape index (κ1) is 20.5. The summed E-state index contributed by atoms with van der Waals surface area (Å²) in [6, 6.07) is 9.60. The number of amides is 2. The Morgan fingerprint density at radius 2 is 1.79 bits per heavy atom. The van der Waals surface area contributed by atoms with Crippen molar-refractivity contribution in [3.63, 3.8) is 0 Å². The maximum Gasteiger partial charge on any atom is 0.418 e. The van der Waals surface area contributed by atoms with Gasteiger partial charge in [0.15, 0.2) is 5.76 Å². The van der Waals surface area contributed by atoms with Gasteiger partial charge in [-0.25, -0.2) is 0 Å². The Balaban J connectivity index is 1.77. The number of halogens is 3. The summed E-state index contributed by atoms with van der Waals surface area (Å²) in [4.78, 5) is 26.1. The minimum absolute atomic E-state index is 0.0974. The van der Waals surface area contributed by atoms with E-state index in [4.69, 9.17) is 4.42 Å². The third-order valence-corrected chi connectivity index (χ3v) is 4.88. The van der Waals surface area contributed by atoms with Gasteiger partial charge in [-0.15, -0.1) is 11.3 Å². The molecule has 0 saturated heterocycles. The van der Waals surface area contributed by atoms with Crippen molar-refractivity contribution in [3.8, 4) is 0 Å². The number of thiophene rings is 1. The number of benzene rings is 1. The lowest BCUT2D eigenvalue weighted by Crippen LogP contribution is -2.17. The number of nitrogens with one attached hydrogen (secondary N) is 2. The van der Waals surface area contributed by atoms with E-state index in [0.29, 0.717) is 10.7 Å². The molecule has 2 aromatic heterocycles. The van der Waals surface area contributed by atoms with Gasteiger partial charge in [0.05, 0.1) is 27.4 Å². The third kappa shape index (κ3) is 4.77. The molecule has 0 fully saturated rings. The molecule has 0 aliphatic rings. The zero-order valence-electron chi connectivity index (χ0n) is 15.3. The van der Waals surface area contributed by atoms with Crippen LogP contribution in [-0.2, 0) is 6.18 Å². The second kappa shape index (κ2) is 8.00. The minimum Gasteiger partial charge on any atom is -0.459 e. The molecule has 3 rings (SSSR count). The van der Waals surface area contributed by atoms with E-state index in [2.05, 4.69) is 10.6 Å². The second-order valence-electron chi connectivity index (χ2n) is 6.17. The summed E-state index contributed by atoms with van der Waals surface area (Å²) >= 11 is 0.932. The maximum atomic E-state index is 13.4. The van der Waals surface area contributed by atoms with Crippen LogP contribution in [0.15, 0.2) is 53.1 Å². The van der Waals surface area contributed by atoms with Crippen LogP contribution in [0, 0.1) is 0 Å². The lowest BCUT2D eigenvalue weighted by Gasteiger charge is -2.18. The Hall–Kier alpha value is -3.27. The van der Waals surface area contributed by atoms with Crippen LogP contribution in [0.3, 0.4) is 0 Å². The van der Waals surface area contributed by atoms with Gasteiger partial charge in [-0.1, -0.05) is 0 Å². The zero-order valence-corrected chi connectivity index (χ0v) is 16.1. The molecule has 10 heteroatoms. The van der Waals surface area contributed by atoms with E-state index in [1.165, 1.54) is 41.5 Å². The quantitative estimate of drug-likeness (QED) is 0.610. The molecule has 0 bridgehead atoms. The van der Waals surface area contributed by atoms with E-state index in [-0.39, 0.29) is 16.3 Å². The van der Waals surface area contributed by atoms with E-state index in [0.717, 1.165) is 17.4 Å². The number of hydrogen-bond donors (Lipinski definition) is 2. The smallest absolute Gasteiger partial charge is 0.418 e. The number of alkyl halides is 3. The molecule has 1 aromatic carbocycles. The fraction of sp³-hybridized carbons (Fsp3) is 0.158. The highest BCUT2D eigenvalue weighted by molar-refractivity contribution is 7.18. The van der Waals surface area contributed by atoms with Crippen LogP contribution >= 0.6 is 11.3 Å². The molecule has 0 spiro atoms. The van der Waals surface area contributed by atoms with Crippen LogP contribution in [0.5, 0.6) is 0 Å². The van der Waals surface area contributed by atoms with E-state index in [1.807, 2.05) is 0 Å². The van der Waals surface area contributed by atoms with E-state index in [9.17, 15) is 22.8 Å². The molecule has 0 radical (unpaired) electrons. The van der Waals surface area contributed by atoms with Crippen molar-refractivity contribution in [2.75, 3.05) is 29.6 Å². The van der Waals surface area contributed by atoms with Crippen molar-refractivity contribution in [3.05, 3.63) is 64.9 Å². The summed E-state index contributed by atoms with van der Waals surface area (Å²) in [6.07, 6.45) is -3.28. The molecule has 152 valence electrons. The standard InChI is InChI=1S/C19H16F3N3O3S/c1-25(2)11-5-6-13(12(10-11)19(20,21)22)23-18(27)15-7-8-16(29-15)24-17(26)14-4-3-9-28-14/h3-10H,1-2H3,(H,23,27)(H,24,26). The molecule has 0 saturated carbocycles. The van der Waals surface area contributed by atoms with Crippen LogP contribution in [0.2, 0.25) is 0 Å². The average Bonchev–Trinajstić information content (AvgIpc) is 3.33. The van der Waals surface area contributed by atoms with Gasteiger partial charge in [0, 0.05) is 19.8 Å². The lowest BCUT2D eigenvalue weighted by molar-refractivity contribution is -0.136. The van der Waals surface area contributed by atoms with Crippen LogP contribution in [0.1, 0.15) is 25.8 Å². The molecule has 29 heavy (non-hydrogen) atoms. The number of carbonyl (C=O) groups is 2. The van der Waals surface area contributed by atoms with Crippen molar-refractivity contribution >= 4 is 39.5 Å². The lowest BCUT2D eigenvalue weighted by atomic mass is 10.1. The molecule has 0 atom stereocenters. The SMILES string of the molecule is CN(C)c1ccc(NC(=O)c2ccc(NC(=O)c3ccco3)s2)c(C(F)(F)F)c1. The molecular formula is C19H16F3N3O3S. The Labute approximate surface area is 167 Å². The summed E-state index contributed by atoms with van der Waals surface area (Å²) in [5.41, 5.74) is -0.933. The van der Waals surface area contributed by atoms with Gasteiger partial charge < -0.3 is 20.0 Å². The number of hydrogen-bond acceptors (Lipinski definition) is 5. The molecule has 2 amide bonds. The molecule has 2 heterocycles. The zero-order chi connectivity index (χ0) is 21.2. The highest BCUT2D eigenvalue weighted by Gasteiger charge is 2.34. The monoisotopic (exact) mass is 423 g/mol. The first-order valence-corrected chi connectivity index (χ1v) is 9.11. The predicted molar refractivity (Wildman–Crippen MR) is 105 cm³/mol. The van der Waals surface area contributed by atoms with Crippen LogP contribution < -0.4 is 15.5 Å². The Morgan fingerprint density at radius 1 is 1.03 bits per heavy atom. The number of nitrogens with zero attached hydrogens (tertiary/aromatic N) is 1. The minimum atomic E-state index is -4.63. The second-order valence-corrected chi connectivity index (χ2v) is 7.26. The summed E-state index contributed by atoms with van der Waals surface area (Å²) in [7, 11) is 3.25. The van der Waals surface area contributed by atoms with Crippen molar-refractivity contribution in [2.45, 2.75) is 6.18 Å². The van der Waals surface area contributed by atoms with Gasteiger partial charge >= 0.3 is 6.18 Å². The van der Waals surface area contributed by atoms with Gasteiger partial charge in [0.1, 0.15) is 0 Å². The molecular weight excluding hydrogens is 407 g/mol. The van der Waals surface area contributed by atoms with Crippen molar-refractivity contribution < 1.29 is 27.2 Å². The van der Waals surface area contributed by atoms with E-state index in [1.54, 1.807) is 20.2 Å². The third-order valence-electron chi connectivity index (χ3n) is 3.88. The summed E-state index contributed by atoms with van der Waals surface area (Å²) in [6.45, 7) is 0. The van der Waals surface area contributed by atoms with Gasteiger partial charge in [-0.3, -0.25) is 9.59 Å². The molecule has 0 aliphatic heterocycles. The van der Waals surface area contributed by atoms with Crippen molar-refractivity contribution in [1.29, 1.82) is 0 Å². The van der Waals surface area contributed by atoms with Gasteiger partial charge in [-0.05, 0) is 42.5 Å². The van der Waals surface area contributed by atoms with Gasteiger partial charge in [-0.2, -0.15) is 13.2 Å². The first-order valence-electron chi connectivity index (χ1n) is 8.30. The fourth-order valence-electron chi connectivity index (χ4n) is 2.45. The van der Waals surface area contributed by atoms with Gasteiger partial charge in [0.25, 0.3) is 11.8 Å². The molecule has 3 aromatic rings. The Bertz CT molecular complexity index is 1030. The molecule has 2 N–H and O–H groups in total. The number of furan rings is 1. The van der Waals surface area contributed by atoms with E-state index < -0.39 is 23.6 Å². The van der Waals surface area contributed by atoms with Crippen LogP contribution in [-0.4, -0.2) is 25.9 Å². The van der Waals surface area contributed by atoms with Crippen LogP contribution in [0.25, 0.3) is 0 Å². The summed E-state index contributed by atoms with van der Waals surface area (Å²) < 4.78 is 45.2.